The largest absolute Gasteiger partial charge is 0.383 e. The summed E-state index contributed by atoms with van der Waals surface area (Å²) in [7, 11) is 0. The molecule has 0 radical (unpaired) electrons. The number of rotatable bonds is 4. The van der Waals surface area contributed by atoms with Crippen molar-refractivity contribution in [2.45, 2.75) is 26.3 Å². The molecular formula is C15H20N4. The Hall–Kier alpha value is -1.91. The van der Waals surface area contributed by atoms with Crippen LogP contribution in [0.5, 0.6) is 0 Å². The van der Waals surface area contributed by atoms with Gasteiger partial charge in [0.1, 0.15) is 5.82 Å². The predicted molar refractivity (Wildman–Crippen MR) is 78.3 cm³/mol. The molecule has 0 spiro atoms. The lowest BCUT2D eigenvalue weighted by molar-refractivity contribution is 0.549. The Labute approximate surface area is 113 Å². The Morgan fingerprint density at radius 2 is 2.05 bits per heavy atom. The number of nitrogens with one attached hydrogen (secondary N) is 1. The summed E-state index contributed by atoms with van der Waals surface area (Å²) >= 11 is 0. The predicted octanol–water partition coefficient (Wildman–Crippen LogP) is 2.03. The highest BCUT2D eigenvalue weighted by molar-refractivity contribution is 5.46. The maximum Gasteiger partial charge on any atom is 0.128 e. The van der Waals surface area contributed by atoms with Crippen LogP contribution < -0.4 is 17.0 Å². The summed E-state index contributed by atoms with van der Waals surface area (Å²) in [6, 6.07) is 10.3. The SMILES string of the molecule is Cc1cccc(CC(NN)c2c(C)ccnc2N)c1. The first-order valence-electron chi connectivity index (χ1n) is 6.34. The normalized spacial score (nSPS) is 12.4. The molecule has 100 valence electrons. The van der Waals surface area contributed by atoms with E-state index in [1.165, 1.54) is 11.1 Å². The van der Waals surface area contributed by atoms with E-state index in [-0.39, 0.29) is 6.04 Å². The van der Waals surface area contributed by atoms with Crippen LogP contribution in [0.1, 0.15) is 28.3 Å². The van der Waals surface area contributed by atoms with Gasteiger partial charge in [-0.05, 0) is 37.5 Å². The van der Waals surface area contributed by atoms with E-state index in [1.807, 2.05) is 13.0 Å². The minimum absolute atomic E-state index is 0.0319. The Morgan fingerprint density at radius 3 is 2.68 bits per heavy atom. The fourth-order valence-corrected chi connectivity index (χ4v) is 2.36. The second-order valence-corrected chi connectivity index (χ2v) is 4.84. The van der Waals surface area contributed by atoms with E-state index >= 15 is 0 Å². The van der Waals surface area contributed by atoms with E-state index in [2.05, 4.69) is 41.6 Å². The van der Waals surface area contributed by atoms with Crippen molar-refractivity contribution in [3.05, 3.63) is 58.8 Å². The summed E-state index contributed by atoms with van der Waals surface area (Å²) in [5, 5.41) is 0. The van der Waals surface area contributed by atoms with Gasteiger partial charge >= 0.3 is 0 Å². The Bertz CT molecular complexity index is 546. The van der Waals surface area contributed by atoms with E-state index in [0.717, 1.165) is 17.5 Å². The van der Waals surface area contributed by atoms with Gasteiger partial charge in [-0.1, -0.05) is 29.8 Å². The van der Waals surface area contributed by atoms with Crippen molar-refractivity contribution in [3.8, 4) is 0 Å². The smallest absolute Gasteiger partial charge is 0.128 e. The van der Waals surface area contributed by atoms with Crippen LogP contribution >= 0.6 is 0 Å². The average Bonchev–Trinajstić information content (AvgIpc) is 2.37. The molecule has 1 heterocycles. The quantitative estimate of drug-likeness (QED) is 0.578. The van der Waals surface area contributed by atoms with Crippen molar-refractivity contribution in [2.75, 3.05) is 5.73 Å². The van der Waals surface area contributed by atoms with E-state index in [4.69, 9.17) is 11.6 Å². The van der Waals surface area contributed by atoms with Crippen LogP contribution in [-0.4, -0.2) is 4.98 Å². The van der Waals surface area contributed by atoms with Crippen molar-refractivity contribution in [2.24, 2.45) is 5.84 Å². The molecule has 19 heavy (non-hydrogen) atoms. The first-order valence-corrected chi connectivity index (χ1v) is 6.34. The van der Waals surface area contributed by atoms with Gasteiger partial charge in [0, 0.05) is 11.8 Å². The van der Waals surface area contributed by atoms with Gasteiger partial charge in [-0.15, -0.1) is 0 Å². The van der Waals surface area contributed by atoms with Crippen molar-refractivity contribution >= 4 is 5.82 Å². The van der Waals surface area contributed by atoms with Gasteiger partial charge in [-0.2, -0.15) is 0 Å². The van der Waals surface area contributed by atoms with Crippen LogP contribution in [-0.2, 0) is 6.42 Å². The molecule has 4 nitrogen and oxygen atoms in total. The summed E-state index contributed by atoms with van der Waals surface area (Å²) in [4.78, 5) is 4.15. The maximum absolute atomic E-state index is 5.97. The second-order valence-electron chi connectivity index (χ2n) is 4.84. The number of aromatic nitrogens is 1. The minimum Gasteiger partial charge on any atom is -0.383 e. The molecule has 1 unspecified atom stereocenters. The number of nitrogen functional groups attached to an aromatic ring is 1. The standard InChI is InChI=1S/C15H20N4/c1-10-4-3-5-12(8-10)9-13(19-17)14-11(2)6-7-18-15(14)16/h3-8,13,19H,9,17H2,1-2H3,(H2,16,18). The summed E-state index contributed by atoms with van der Waals surface area (Å²) in [5.41, 5.74) is 13.4. The van der Waals surface area contributed by atoms with Crippen LogP contribution in [0.2, 0.25) is 0 Å². The van der Waals surface area contributed by atoms with Crippen LogP contribution in [0.15, 0.2) is 36.5 Å². The summed E-state index contributed by atoms with van der Waals surface area (Å²) in [6.07, 6.45) is 2.50. The lowest BCUT2D eigenvalue weighted by atomic mass is 9.96. The first kappa shape index (κ1) is 13.5. The van der Waals surface area contributed by atoms with E-state index in [9.17, 15) is 0 Å². The molecule has 0 saturated heterocycles. The van der Waals surface area contributed by atoms with Gasteiger partial charge in [0.25, 0.3) is 0 Å². The molecule has 0 saturated carbocycles. The number of nitrogens with two attached hydrogens (primary N) is 2. The monoisotopic (exact) mass is 256 g/mol. The molecule has 0 amide bonds. The summed E-state index contributed by atoms with van der Waals surface area (Å²) in [5.74, 6) is 6.23. The highest BCUT2D eigenvalue weighted by Gasteiger charge is 2.16. The van der Waals surface area contributed by atoms with Gasteiger partial charge in [0.05, 0.1) is 6.04 Å². The maximum atomic E-state index is 5.97. The fourth-order valence-electron chi connectivity index (χ4n) is 2.36. The van der Waals surface area contributed by atoms with Crippen LogP contribution in [0.3, 0.4) is 0 Å². The number of hydrogen-bond donors (Lipinski definition) is 3. The summed E-state index contributed by atoms with van der Waals surface area (Å²) < 4.78 is 0. The average molecular weight is 256 g/mol. The zero-order valence-electron chi connectivity index (χ0n) is 11.4. The molecular weight excluding hydrogens is 236 g/mol. The highest BCUT2D eigenvalue weighted by atomic mass is 15.2. The number of nitrogens with zero attached hydrogens (tertiary/aromatic N) is 1. The molecule has 1 aromatic heterocycles. The van der Waals surface area contributed by atoms with Gasteiger partial charge in [-0.3, -0.25) is 11.3 Å². The van der Waals surface area contributed by atoms with Crippen molar-refractivity contribution in [1.82, 2.24) is 10.4 Å². The van der Waals surface area contributed by atoms with Gasteiger partial charge in [0.15, 0.2) is 0 Å². The van der Waals surface area contributed by atoms with Crippen LogP contribution in [0, 0.1) is 13.8 Å². The zero-order chi connectivity index (χ0) is 13.8. The number of aryl methyl sites for hydroxylation is 2. The third-order valence-corrected chi connectivity index (χ3v) is 3.31. The van der Waals surface area contributed by atoms with Crippen LogP contribution in [0.25, 0.3) is 0 Å². The molecule has 1 aromatic carbocycles. The molecule has 1 atom stereocenters. The van der Waals surface area contributed by atoms with E-state index < -0.39 is 0 Å². The molecule has 5 N–H and O–H groups in total. The second kappa shape index (κ2) is 5.82. The summed E-state index contributed by atoms with van der Waals surface area (Å²) in [6.45, 7) is 4.10. The van der Waals surface area contributed by atoms with Crippen molar-refractivity contribution in [1.29, 1.82) is 0 Å². The molecule has 2 aromatic rings. The number of hydrazine groups is 1. The van der Waals surface area contributed by atoms with Crippen molar-refractivity contribution in [3.63, 3.8) is 0 Å². The molecule has 0 aliphatic carbocycles. The first-order chi connectivity index (χ1) is 9.11. The zero-order valence-corrected chi connectivity index (χ0v) is 11.4. The van der Waals surface area contributed by atoms with E-state index in [1.54, 1.807) is 6.20 Å². The third-order valence-electron chi connectivity index (χ3n) is 3.31. The fraction of sp³-hybridized carbons (Fsp3) is 0.267. The van der Waals surface area contributed by atoms with Crippen LogP contribution in [0.4, 0.5) is 5.82 Å². The number of anilines is 1. The highest BCUT2D eigenvalue weighted by Crippen LogP contribution is 2.25. The van der Waals surface area contributed by atoms with Gasteiger partial charge in [0.2, 0.25) is 0 Å². The number of pyridine rings is 1. The van der Waals surface area contributed by atoms with E-state index in [0.29, 0.717) is 5.82 Å². The molecule has 0 aliphatic heterocycles. The molecule has 0 fully saturated rings. The van der Waals surface area contributed by atoms with Gasteiger partial charge < -0.3 is 5.73 Å². The Balaban J connectivity index is 2.30. The Morgan fingerprint density at radius 1 is 1.26 bits per heavy atom. The van der Waals surface area contributed by atoms with Gasteiger partial charge in [-0.25, -0.2) is 4.98 Å². The Kier molecular flexibility index (Phi) is 4.14. The molecule has 0 aliphatic rings. The lowest BCUT2D eigenvalue weighted by Crippen LogP contribution is -2.31. The minimum atomic E-state index is -0.0319. The molecule has 2 rings (SSSR count). The van der Waals surface area contributed by atoms with Crippen molar-refractivity contribution < 1.29 is 0 Å². The number of benzene rings is 1. The molecule has 0 bridgehead atoms. The molecule has 4 heteroatoms. The number of hydrogen-bond acceptors (Lipinski definition) is 4. The lowest BCUT2D eigenvalue weighted by Gasteiger charge is -2.20. The third kappa shape index (κ3) is 3.10. The topological polar surface area (TPSA) is 77.0 Å².